The van der Waals surface area contributed by atoms with Gasteiger partial charge in [-0.25, -0.2) is 13.8 Å². The molecule has 0 spiro atoms. The third-order valence-electron chi connectivity index (χ3n) is 5.26. The van der Waals surface area contributed by atoms with E-state index in [1.54, 1.807) is 24.5 Å². The van der Waals surface area contributed by atoms with E-state index in [0.717, 1.165) is 36.5 Å². The topological polar surface area (TPSA) is 59.0 Å². The molecule has 0 saturated carbocycles. The number of pyridine rings is 1. The number of ketones is 1. The zero-order valence-corrected chi connectivity index (χ0v) is 18.8. The monoisotopic (exact) mass is 476 g/mol. The number of anilines is 1. The summed E-state index contributed by atoms with van der Waals surface area (Å²) in [6.45, 7) is 3.42. The van der Waals surface area contributed by atoms with Crippen LogP contribution in [-0.4, -0.2) is 33.8 Å². The minimum atomic E-state index is -0.883. The summed E-state index contributed by atoms with van der Waals surface area (Å²) in [6, 6.07) is 6.93. The van der Waals surface area contributed by atoms with Crippen molar-refractivity contribution < 1.29 is 13.6 Å². The standard InChI is InChI=1S/C23H19ClF2N4O.ClH/c1-14-7-9-30(23-17(24)4-3-8-27-23)13-16(14)20-12-28-15(11-29-20)10-21(31)22-18(25)5-2-6-19(22)26;/h2-6,8,11-12H,7,9-10,13H2,1H3;1H. The predicted octanol–water partition coefficient (Wildman–Crippen LogP) is 5.33. The lowest BCUT2D eigenvalue weighted by atomic mass is 9.99. The molecule has 2 aromatic heterocycles. The summed E-state index contributed by atoms with van der Waals surface area (Å²) in [5.74, 6) is -1.73. The summed E-state index contributed by atoms with van der Waals surface area (Å²) in [6.07, 6.45) is 5.35. The van der Waals surface area contributed by atoms with E-state index >= 15 is 0 Å². The maximum atomic E-state index is 13.8. The second-order valence-electron chi connectivity index (χ2n) is 7.33. The number of Topliss-reactive ketones (excluding diaryl/α,β-unsaturated/α-hetero) is 1. The van der Waals surface area contributed by atoms with Crippen LogP contribution in [0.25, 0.3) is 5.57 Å². The molecule has 0 unspecified atom stereocenters. The van der Waals surface area contributed by atoms with Crippen LogP contribution in [0.4, 0.5) is 14.6 Å². The average Bonchev–Trinajstić information content (AvgIpc) is 2.75. The first kappa shape index (κ1) is 23.8. The molecule has 0 fully saturated rings. The van der Waals surface area contributed by atoms with Gasteiger partial charge < -0.3 is 4.90 Å². The van der Waals surface area contributed by atoms with Crippen molar-refractivity contribution >= 4 is 41.2 Å². The lowest BCUT2D eigenvalue weighted by Gasteiger charge is -2.31. The Kier molecular flexibility index (Phi) is 7.53. The fourth-order valence-corrected chi connectivity index (χ4v) is 3.81. The van der Waals surface area contributed by atoms with Crippen molar-refractivity contribution in [1.82, 2.24) is 15.0 Å². The van der Waals surface area contributed by atoms with Gasteiger partial charge in [0.25, 0.3) is 0 Å². The molecule has 9 heteroatoms. The molecule has 1 aliphatic rings. The second kappa shape index (κ2) is 10.1. The summed E-state index contributed by atoms with van der Waals surface area (Å²) in [7, 11) is 0. The molecule has 1 aliphatic heterocycles. The Morgan fingerprint density at radius 1 is 1.09 bits per heavy atom. The summed E-state index contributed by atoms with van der Waals surface area (Å²) in [4.78, 5) is 27.6. The molecule has 3 aromatic rings. The molecular formula is C23H20Cl2F2N4O. The minimum Gasteiger partial charge on any atom is -0.351 e. The molecule has 0 bridgehead atoms. The number of hydrogen-bond acceptors (Lipinski definition) is 5. The summed E-state index contributed by atoms with van der Waals surface area (Å²) >= 11 is 6.30. The van der Waals surface area contributed by atoms with Crippen molar-refractivity contribution in [1.29, 1.82) is 0 Å². The van der Waals surface area contributed by atoms with E-state index in [2.05, 4.69) is 19.9 Å². The van der Waals surface area contributed by atoms with E-state index in [0.29, 0.717) is 23.0 Å². The highest BCUT2D eigenvalue weighted by Crippen LogP contribution is 2.31. The van der Waals surface area contributed by atoms with Gasteiger partial charge in [-0.2, -0.15) is 0 Å². The van der Waals surface area contributed by atoms with Gasteiger partial charge in [-0.1, -0.05) is 23.2 Å². The Bertz CT molecular complexity index is 1150. The number of aromatic nitrogens is 3. The first-order valence-electron chi connectivity index (χ1n) is 9.76. The lowest BCUT2D eigenvalue weighted by molar-refractivity contribution is 0.0983. The van der Waals surface area contributed by atoms with Crippen molar-refractivity contribution in [2.75, 3.05) is 18.0 Å². The van der Waals surface area contributed by atoms with Crippen molar-refractivity contribution in [3.05, 3.63) is 88.1 Å². The minimum absolute atomic E-state index is 0. The molecule has 3 heterocycles. The van der Waals surface area contributed by atoms with Gasteiger partial charge in [-0.15, -0.1) is 12.4 Å². The molecular weight excluding hydrogens is 457 g/mol. The maximum Gasteiger partial charge on any atom is 0.174 e. The van der Waals surface area contributed by atoms with Gasteiger partial charge in [0, 0.05) is 25.5 Å². The molecule has 32 heavy (non-hydrogen) atoms. The first-order valence-corrected chi connectivity index (χ1v) is 10.1. The Balaban J connectivity index is 0.00000289. The van der Waals surface area contributed by atoms with E-state index in [-0.39, 0.29) is 18.8 Å². The van der Waals surface area contributed by atoms with Crippen LogP contribution in [0.3, 0.4) is 0 Å². The van der Waals surface area contributed by atoms with Gasteiger partial charge in [0.15, 0.2) is 5.78 Å². The molecule has 0 radical (unpaired) electrons. The fourth-order valence-electron chi connectivity index (χ4n) is 3.57. The normalized spacial score (nSPS) is 13.7. The Morgan fingerprint density at radius 3 is 2.50 bits per heavy atom. The van der Waals surface area contributed by atoms with Gasteiger partial charge in [0.1, 0.15) is 17.5 Å². The third-order valence-corrected chi connectivity index (χ3v) is 5.55. The van der Waals surface area contributed by atoms with Crippen molar-refractivity contribution in [3.8, 4) is 0 Å². The smallest absolute Gasteiger partial charge is 0.174 e. The Labute approximate surface area is 195 Å². The lowest BCUT2D eigenvalue weighted by Crippen LogP contribution is -2.32. The summed E-state index contributed by atoms with van der Waals surface area (Å²) in [5.41, 5.74) is 2.67. The molecule has 0 atom stereocenters. The van der Waals surface area contributed by atoms with Crippen molar-refractivity contribution in [2.24, 2.45) is 0 Å². The molecule has 0 amide bonds. The van der Waals surface area contributed by atoms with Crippen LogP contribution in [0.15, 0.2) is 54.5 Å². The number of carbonyl (C=O) groups is 1. The quantitative estimate of drug-likeness (QED) is 0.465. The highest BCUT2D eigenvalue weighted by atomic mass is 35.5. The first-order chi connectivity index (χ1) is 14.9. The zero-order chi connectivity index (χ0) is 22.0. The van der Waals surface area contributed by atoms with Gasteiger partial charge in [-0.05, 0) is 43.2 Å². The Morgan fingerprint density at radius 2 is 1.84 bits per heavy atom. The van der Waals surface area contributed by atoms with E-state index in [4.69, 9.17) is 11.6 Å². The van der Waals surface area contributed by atoms with E-state index < -0.39 is 23.0 Å². The number of nitrogens with zero attached hydrogens (tertiary/aromatic N) is 4. The third kappa shape index (κ3) is 4.95. The van der Waals surface area contributed by atoms with Crippen molar-refractivity contribution in [2.45, 2.75) is 19.8 Å². The van der Waals surface area contributed by atoms with Gasteiger partial charge >= 0.3 is 0 Å². The van der Waals surface area contributed by atoms with E-state index in [9.17, 15) is 13.6 Å². The zero-order valence-electron chi connectivity index (χ0n) is 17.2. The van der Waals surface area contributed by atoms with Crippen LogP contribution in [0.5, 0.6) is 0 Å². The average molecular weight is 477 g/mol. The second-order valence-corrected chi connectivity index (χ2v) is 7.74. The van der Waals surface area contributed by atoms with E-state index in [1.165, 1.54) is 17.8 Å². The SMILES string of the molecule is CC1=C(c2cnc(CC(=O)c3c(F)cccc3F)cn2)CN(c2ncccc2Cl)CC1.Cl. The van der Waals surface area contributed by atoms with Gasteiger partial charge in [0.05, 0.1) is 34.6 Å². The number of carbonyl (C=O) groups excluding carboxylic acids is 1. The number of halogens is 4. The van der Waals surface area contributed by atoms with Crippen molar-refractivity contribution in [3.63, 3.8) is 0 Å². The van der Waals surface area contributed by atoms with Gasteiger partial charge in [0.2, 0.25) is 0 Å². The Hall–Kier alpha value is -2.90. The van der Waals surface area contributed by atoms with Crippen LogP contribution < -0.4 is 4.90 Å². The van der Waals surface area contributed by atoms with E-state index in [1.807, 2.05) is 6.92 Å². The highest BCUT2D eigenvalue weighted by Gasteiger charge is 2.22. The molecule has 0 N–H and O–H groups in total. The molecule has 0 saturated heterocycles. The molecule has 4 rings (SSSR count). The number of benzene rings is 1. The summed E-state index contributed by atoms with van der Waals surface area (Å²) in [5, 5.41) is 0.585. The fraction of sp³-hybridized carbons (Fsp3) is 0.217. The molecule has 5 nitrogen and oxygen atoms in total. The van der Waals surface area contributed by atoms with Crippen LogP contribution in [0, 0.1) is 11.6 Å². The predicted molar refractivity (Wildman–Crippen MR) is 122 cm³/mol. The number of rotatable bonds is 5. The largest absolute Gasteiger partial charge is 0.351 e. The van der Waals surface area contributed by atoms with Gasteiger partial charge in [-0.3, -0.25) is 14.8 Å². The number of hydrogen-bond donors (Lipinski definition) is 0. The van der Waals surface area contributed by atoms with Crippen LogP contribution >= 0.6 is 24.0 Å². The van der Waals surface area contributed by atoms with Crippen LogP contribution in [-0.2, 0) is 6.42 Å². The maximum absolute atomic E-state index is 13.8. The van der Waals surface area contributed by atoms with Crippen LogP contribution in [0.2, 0.25) is 5.02 Å². The molecule has 166 valence electrons. The van der Waals surface area contributed by atoms with Crippen LogP contribution in [0.1, 0.15) is 35.1 Å². The molecule has 1 aromatic carbocycles. The summed E-state index contributed by atoms with van der Waals surface area (Å²) < 4.78 is 27.7. The highest BCUT2D eigenvalue weighted by molar-refractivity contribution is 6.32. The molecule has 0 aliphatic carbocycles.